The first-order chi connectivity index (χ1) is 8.81. The van der Waals surface area contributed by atoms with E-state index in [1.807, 2.05) is 0 Å². The summed E-state index contributed by atoms with van der Waals surface area (Å²) in [6, 6.07) is 1.62. The predicted octanol–water partition coefficient (Wildman–Crippen LogP) is 1.54. The van der Waals surface area contributed by atoms with Crippen LogP contribution in [0.2, 0.25) is 0 Å². The summed E-state index contributed by atoms with van der Waals surface area (Å²) < 4.78 is 0. The number of hydrogen-bond donors (Lipinski definition) is 1. The van der Waals surface area contributed by atoms with Gasteiger partial charge in [-0.05, 0) is 51.6 Å². The molecule has 0 spiro atoms. The van der Waals surface area contributed by atoms with Crippen molar-refractivity contribution in [1.82, 2.24) is 15.1 Å². The van der Waals surface area contributed by atoms with Gasteiger partial charge >= 0.3 is 0 Å². The predicted molar refractivity (Wildman–Crippen MR) is 75.8 cm³/mol. The van der Waals surface area contributed by atoms with Crippen molar-refractivity contribution in [3.8, 4) is 0 Å². The summed E-state index contributed by atoms with van der Waals surface area (Å²) in [6.45, 7) is 10.3. The lowest BCUT2D eigenvalue weighted by Crippen LogP contribution is -2.56. The molecule has 1 N–H and O–H groups in total. The van der Waals surface area contributed by atoms with Crippen molar-refractivity contribution in [3.05, 3.63) is 0 Å². The molecular formula is C15H29N3. The Kier molecular flexibility index (Phi) is 4.22. The van der Waals surface area contributed by atoms with E-state index in [1.54, 1.807) is 0 Å². The Morgan fingerprint density at radius 2 is 2.06 bits per heavy atom. The topological polar surface area (TPSA) is 18.5 Å². The number of piperidine rings is 2. The van der Waals surface area contributed by atoms with Crippen molar-refractivity contribution in [1.29, 1.82) is 0 Å². The minimum atomic E-state index is 0.736. The summed E-state index contributed by atoms with van der Waals surface area (Å²) in [4.78, 5) is 5.50. The van der Waals surface area contributed by atoms with Gasteiger partial charge in [0, 0.05) is 38.3 Å². The molecular weight excluding hydrogens is 222 g/mol. The fourth-order valence-corrected chi connectivity index (χ4v) is 4.15. The van der Waals surface area contributed by atoms with Crippen molar-refractivity contribution >= 4 is 0 Å². The average Bonchev–Trinajstić information content (AvgIpc) is 2.39. The summed E-state index contributed by atoms with van der Waals surface area (Å²) in [5.74, 6) is 0.941. The highest BCUT2D eigenvalue weighted by molar-refractivity contribution is 4.87. The van der Waals surface area contributed by atoms with Crippen LogP contribution in [0.1, 0.15) is 39.0 Å². The number of piperazine rings is 1. The Labute approximate surface area is 112 Å². The highest BCUT2D eigenvalue weighted by atomic mass is 15.3. The molecule has 0 aliphatic carbocycles. The standard InChI is InChI=1S/C15H29N3/c1-13-10-14(5-6-16-13)11-17-8-9-18-7-3-2-4-15(18)12-17/h13-16H,2-12H2,1H3. The molecule has 0 aromatic rings. The minimum absolute atomic E-state index is 0.736. The Morgan fingerprint density at radius 1 is 1.11 bits per heavy atom. The van der Waals surface area contributed by atoms with Crippen LogP contribution in [0.4, 0.5) is 0 Å². The lowest BCUT2D eigenvalue weighted by molar-refractivity contribution is 0.0380. The molecule has 3 rings (SSSR count). The van der Waals surface area contributed by atoms with Crippen LogP contribution in [0.3, 0.4) is 0 Å². The molecule has 3 unspecified atom stereocenters. The van der Waals surface area contributed by atoms with Gasteiger partial charge in [0.2, 0.25) is 0 Å². The van der Waals surface area contributed by atoms with E-state index in [4.69, 9.17) is 0 Å². The fourth-order valence-electron chi connectivity index (χ4n) is 4.15. The third-order valence-electron chi connectivity index (χ3n) is 5.17. The summed E-state index contributed by atoms with van der Waals surface area (Å²) in [6.07, 6.45) is 7.10. The van der Waals surface area contributed by atoms with Crippen LogP contribution < -0.4 is 5.32 Å². The molecule has 3 nitrogen and oxygen atoms in total. The van der Waals surface area contributed by atoms with E-state index < -0.39 is 0 Å². The third kappa shape index (κ3) is 3.06. The van der Waals surface area contributed by atoms with Crippen molar-refractivity contribution < 1.29 is 0 Å². The fraction of sp³-hybridized carbons (Fsp3) is 1.00. The molecule has 3 saturated heterocycles. The number of rotatable bonds is 2. The van der Waals surface area contributed by atoms with Crippen LogP contribution in [0.25, 0.3) is 0 Å². The molecule has 18 heavy (non-hydrogen) atoms. The molecule has 3 aliphatic heterocycles. The second-order valence-electron chi connectivity index (χ2n) is 6.69. The lowest BCUT2D eigenvalue weighted by Gasteiger charge is -2.45. The van der Waals surface area contributed by atoms with Crippen molar-refractivity contribution in [2.24, 2.45) is 5.92 Å². The molecule has 3 heteroatoms. The average molecular weight is 251 g/mol. The zero-order valence-corrected chi connectivity index (χ0v) is 11.9. The number of nitrogens with zero attached hydrogens (tertiary/aromatic N) is 2. The molecule has 3 fully saturated rings. The van der Waals surface area contributed by atoms with E-state index in [-0.39, 0.29) is 0 Å². The normalized spacial score (nSPS) is 39.5. The molecule has 104 valence electrons. The monoisotopic (exact) mass is 251 g/mol. The highest BCUT2D eigenvalue weighted by Crippen LogP contribution is 2.23. The Bertz CT molecular complexity index is 268. The Hall–Kier alpha value is -0.120. The van der Waals surface area contributed by atoms with Gasteiger partial charge in [0.05, 0.1) is 0 Å². The van der Waals surface area contributed by atoms with Gasteiger partial charge in [-0.1, -0.05) is 6.42 Å². The van der Waals surface area contributed by atoms with Gasteiger partial charge in [0.25, 0.3) is 0 Å². The van der Waals surface area contributed by atoms with E-state index in [0.29, 0.717) is 0 Å². The van der Waals surface area contributed by atoms with Crippen molar-refractivity contribution in [2.45, 2.75) is 51.1 Å². The molecule has 0 saturated carbocycles. The van der Waals surface area contributed by atoms with Crippen LogP contribution in [-0.2, 0) is 0 Å². The SMILES string of the molecule is CC1CC(CN2CCN3CCCCC3C2)CCN1. The van der Waals surface area contributed by atoms with Crippen LogP contribution in [0, 0.1) is 5.92 Å². The molecule has 0 amide bonds. The quantitative estimate of drug-likeness (QED) is 0.803. The van der Waals surface area contributed by atoms with Gasteiger partial charge in [-0.25, -0.2) is 0 Å². The Balaban J connectivity index is 1.48. The van der Waals surface area contributed by atoms with Gasteiger partial charge < -0.3 is 10.2 Å². The van der Waals surface area contributed by atoms with Crippen LogP contribution in [-0.4, -0.2) is 61.2 Å². The number of nitrogens with one attached hydrogen (secondary N) is 1. The second-order valence-corrected chi connectivity index (χ2v) is 6.69. The highest BCUT2D eigenvalue weighted by Gasteiger charge is 2.30. The van der Waals surface area contributed by atoms with Gasteiger partial charge in [-0.15, -0.1) is 0 Å². The van der Waals surface area contributed by atoms with Crippen molar-refractivity contribution in [2.75, 3.05) is 39.3 Å². The first-order valence-corrected chi connectivity index (χ1v) is 8.01. The van der Waals surface area contributed by atoms with Crippen LogP contribution in [0.15, 0.2) is 0 Å². The van der Waals surface area contributed by atoms with Gasteiger partial charge in [-0.3, -0.25) is 4.90 Å². The van der Waals surface area contributed by atoms with Gasteiger partial charge in [-0.2, -0.15) is 0 Å². The summed E-state index contributed by atoms with van der Waals surface area (Å²) in [7, 11) is 0. The minimum Gasteiger partial charge on any atom is -0.314 e. The summed E-state index contributed by atoms with van der Waals surface area (Å²) >= 11 is 0. The van der Waals surface area contributed by atoms with Crippen molar-refractivity contribution in [3.63, 3.8) is 0 Å². The van der Waals surface area contributed by atoms with E-state index >= 15 is 0 Å². The lowest BCUT2D eigenvalue weighted by atomic mass is 9.91. The van der Waals surface area contributed by atoms with E-state index in [2.05, 4.69) is 22.0 Å². The van der Waals surface area contributed by atoms with E-state index in [9.17, 15) is 0 Å². The van der Waals surface area contributed by atoms with Gasteiger partial charge in [0.1, 0.15) is 0 Å². The zero-order valence-electron chi connectivity index (χ0n) is 11.9. The zero-order chi connectivity index (χ0) is 12.4. The molecule has 3 aliphatic rings. The van der Waals surface area contributed by atoms with Crippen LogP contribution in [0.5, 0.6) is 0 Å². The molecule has 0 aromatic heterocycles. The molecule has 3 heterocycles. The second kappa shape index (κ2) is 5.89. The number of hydrogen-bond acceptors (Lipinski definition) is 3. The third-order valence-corrected chi connectivity index (χ3v) is 5.17. The maximum Gasteiger partial charge on any atom is 0.0223 e. The Morgan fingerprint density at radius 3 is 2.94 bits per heavy atom. The smallest absolute Gasteiger partial charge is 0.0223 e. The molecule has 0 bridgehead atoms. The first kappa shape index (κ1) is 12.9. The molecule has 0 radical (unpaired) electrons. The number of fused-ring (bicyclic) bond motifs is 1. The maximum absolute atomic E-state index is 3.57. The first-order valence-electron chi connectivity index (χ1n) is 8.01. The summed E-state index contributed by atoms with van der Waals surface area (Å²) in [5.41, 5.74) is 0. The van der Waals surface area contributed by atoms with Crippen LogP contribution >= 0.6 is 0 Å². The largest absolute Gasteiger partial charge is 0.314 e. The maximum atomic E-state index is 3.57. The van der Waals surface area contributed by atoms with E-state index in [1.165, 1.54) is 71.4 Å². The van der Waals surface area contributed by atoms with E-state index in [0.717, 1.165) is 18.0 Å². The molecule has 3 atom stereocenters. The summed E-state index contributed by atoms with van der Waals surface area (Å²) in [5, 5.41) is 3.57. The van der Waals surface area contributed by atoms with Gasteiger partial charge in [0.15, 0.2) is 0 Å². The molecule has 0 aromatic carbocycles.